The normalized spacial score (nSPS) is 13.1. The summed E-state index contributed by atoms with van der Waals surface area (Å²) in [4.78, 5) is 15.5. The zero-order valence-electron chi connectivity index (χ0n) is 10.6. The van der Waals surface area contributed by atoms with Crippen molar-refractivity contribution in [3.63, 3.8) is 0 Å². The van der Waals surface area contributed by atoms with E-state index < -0.39 is 5.97 Å². The SMILES string of the molecule is O=C(O)c1ccc(I)c(Oc2ccc3c(n2)CCC3)c1. The first-order valence-corrected chi connectivity index (χ1v) is 7.41. The summed E-state index contributed by atoms with van der Waals surface area (Å²) in [6, 6.07) is 8.70. The lowest BCUT2D eigenvalue weighted by molar-refractivity contribution is 0.0696. The quantitative estimate of drug-likeness (QED) is 0.825. The molecule has 1 N–H and O–H groups in total. The first kappa shape index (κ1) is 13.4. The van der Waals surface area contributed by atoms with Crippen molar-refractivity contribution < 1.29 is 14.6 Å². The van der Waals surface area contributed by atoms with E-state index in [0.717, 1.165) is 28.5 Å². The minimum absolute atomic E-state index is 0.210. The van der Waals surface area contributed by atoms with Crippen LogP contribution in [0, 0.1) is 3.57 Å². The number of nitrogens with zero attached hydrogens (tertiary/aromatic N) is 1. The largest absolute Gasteiger partial charge is 0.478 e. The lowest BCUT2D eigenvalue weighted by Crippen LogP contribution is -1.99. The highest BCUT2D eigenvalue weighted by molar-refractivity contribution is 14.1. The van der Waals surface area contributed by atoms with Gasteiger partial charge >= 0.3 is 5.97 Å². The predicted octanol–water partition coefficient (Wildman–Crippen LogP) is 3.67. The van der Waals surface area contributed by atoms with Crippen LogP contribution in [0.2, 0.25) is 0 Å². The van der Waals surface area contributed by atoms with Gasteiger partial charge in [0, 0.05) is 11.8 Å². The molecule has 1 aromatic carbocycles. The van der Waals surface area contributed by atoms with E-state index in [-0.39, 0.29) is 5.56 Å². The van der Waals surface area contributed by atoms with E-state index in [9.17, 15) is 4.79 Å². The third-order valence-corrected chi connectivity index (χ3v) is 4.19. The average Bonchev–Trinajstić information content (AvgIpc) is 2.88. The smallest absolute Gasteiger partial charge is 0.335 e. The Morgan fingerprint density at radius 1 is 1.25 bits per heavy atom. The molecule has 0 amide bonds. The van der Waals surface area contributed by atoms with Crippen LogP contribution >= 0.6 is 22.6 Å². The topological polar surface area (TPSA) is 59.4 Å². The van der Waals surface area contributed by atoms with Crippen LogP contribution in [0.15, 0.2) is 30.3 Å². The van der Waals surface area contributed by atoms with Crippen LogP contribution in [0.3, 0.4) is 0 Å². The second-order valence-electron chi connectivity index (χ2n) is 4.66. The zero-order chi connectivity index (χ0) is 14.1. The van der Waals surface area contributed by atoms with E-state index >= 15 is 0 Å². The molecule has 0 spiro atoms. The lowest BCUT2D eigenvalue weighted by atomic mass is 10.2. The summed E-state index contributed by atoms with van der Waals surface area (Å²) < 4.78 is 6.60. The molecule has 0 bridgehead atoms. The number of rotatable bonds is 3. The van der Waals surface area contributed by atoms with E-state index in [1.54, 1.807) is 12.1 Å². The van der Waals surface area contributed by atoms with Crippen molar-refractivity contribution in [1.29, 1.82) is 0 Å². The van der Waals surface area contributed by atoms with Crippen molar-refractivity contribution in [2.24, 2.45) is 0 Å². The van der Waals surface area contributed by atoms with E-state index in [2.05, 4.69) is 27.6 Å². The first-order valence-electron chi connectivity index (χ1n) is 6.33. The second kappa shape index (κ2) is 5.40. The van der Waals surface area contributed by atoms with Gasteiger partial charge in [-0.15, -0.1) is 0 Å². The number of carboxylic acid groups (broad SMARTS) is 1. The van der Waals surface area contributed by atoms with Crippen LogP contribution in [-0.4, -0.2) is 16.1 Å². The minimum atomic E-state index is -0.965. The van der Waals surface area contributed by atoms with Crippen molar-refractivity contribution in [1.82, 2.24) is 4.98 Å². The van der Waals surface area contributed by atoms with Gasteiger partial charge in [-0.3, -0.25) is 0 Å². The summed E-state index contributed by atoms with van der Waals surface area (Å²) in [5.41, 5.74) is 2.58. The molecule has 3 rings (SSSR count). The molecule has 0 unspecified atom stereocenters. The van der Waals surface area contributed by atoms with Gasteiger partial charge in [0.1, 0.15) is 5.75 Å². The average molecular weight is 381 g/mol. The molecule has 0 saturated carbocycles. The highest BCUT2D eigenvalue weighted by atomic mass is 127. The van der Waals surface area contributed by atoms with Crippen molar-refractivity contribution in [2.75, 3.05) is 0 Å². The standard InChI is InChI=1S/C15H12INO3/c16-11-6-4-10(15(18)19)8-13(11)20-14-7-5-9-2-1-3-12(9)17-14/h4-8H,1-3H2,(H,18,19). The number of carboxylic acids is 1. The van der Waals surface area contributed by atoms with Crippen molar-refractivity contribution in [3.8, 4) is 11.6 Å². The number of halogens is 1. The van der Waals surface area contributed by atoms with Crippen molar-refractivity contribution in [3.05, 3.63) is 50.7 Å². The maximum atomic E-state index is 11.0. The van der Waals surface area contributed by atoms with Gasteiger partial charge in [-0.1, -0.05) is 6.07 Å². The number of carbonyl (C=O) groups is 1. The molecule has 0 atom stereocenters. The second-order valence-corrected chi connectivity index (χ2v) is 5.82. The van der Waals surface area contributed by atoms with Crippen molar-refractivity contribution in [2.45, 2.75) is 19.3 Å². The fraction of sp³-hybridized carbons (Fsp3) is 0.200. The number of fused-ring (bicyclic) bond motifs is 1. The van der Waals surface area contributed by atoms with Gasteiger partial charge in [0.15, 0.2) is 0 Å². The monoisotopic (exact) mass is 381 g/mol. The maximum absolute atomic E-state index is 11.0. The summed E-state index contributed by atoms with van der Waals surface area (Å²) in [6.07, 6.45) is 3.20. The van der Waals surface area contributed by atoms with Gasteiger partial charge in [0.05, 0.1) is 9.13 Å². The molecule has 2 aromatic rings. The Morgan fingerprint density at radius 2 is 2.10 bits per heavy atom. The molecule has 4 nitrogen and oxygen atoms in total. The summed E-state index contributed by atoms with van der Waals surface area (Å²) in [5.74, 6) is 0.0789. The van der Waals surface area contributed by atoms with Crippen LogP contribution in [0.25, 0.3) is 0 Å². The molecule has 1 heterocycles. The van der Waals surface area contributed by atoms with Crippen LogP contribution in [0.1, 0.15) is 28.0 Å². The summed E-state index contributed by atoms with van der Waals surface area (Å²) in [6.45, 7) is 0. The number of pyridine rings is 1. The number of aryl methyl sites for hydroxylation is 2. The fourth-order valence-electron chi connectivity index (χ4n) is 2.28. The molecule has 1 aromatic heterocycles. The Morgan fingerprint density at radius 3 is 2.90 bits per heavy atom. The van der Waals surface area contributed by atoms with Crippen LogP contribution in [-0.2, 0) is 12.8 Å². The molecule has 1 aliphatic carbocycles. The summed E-state index contributed by atoms with van der Waals surface area (Å²) >= 11 is 2.12. The van der Waals surface area contributed by atoms with E-state index in [0.29, 0.717) is 11.6 Å². The maximum Gasteiger partial charge on any atom is 0.335 e. The highest BCUT2D eigenvalue weighted by Gasteiger charge is 2.14. The number of hydrogen-bond donors (Lipinski definition) is 1. The molecule has 0 aliphatic heterocycles. The zero-order valence-corrected chi connectivity index (χ0v) is 12.8. The third kappa shape index (κ3) is 2.63. The Balaban J connectivity index is 1.91. The van der Waals surface area contributed by atoms with Crippen LogP contribution in [0.4, 0.5) is 0 Å². The van der Waals surface area contributed by atoms with Gasteiger partial charge < -0.3 is 9.84 Å². The van der Waals surface area contributed by atoms with Gasteiger partial charge in [-0.2, -0.15) is 0 Å². The molecule has 1 aliphatic rings. The van der Waals surface area contributed by atoms with Crippen molar-refractivity contribution >= 4 is 28.6 Å². The van der Waals surface area contributed by atoms with Gasteiger partial charge in [0.2, 0.25) is 5.88 Å². The predicted molar refractivity (Wildman–Crippen MR) is 82.5 cm³/mol. The molecular formula is C15H12INO3. The fourth-order valence-corrected chi connectivity index (χ4v) is 2.73. The minimum Gasteiger partial charge on any atom is -0.478 e. The highest BCUT2D eigenvalue weighted by Crippen LogP contribution is 2.29. The Kier molecular flexibility index (Phi) is 3.60. The van der Waals surface area contributed by atoms with Crippen LogP contribution < -0.4 is 4.74 Å². The van der Waals surface area contributed by atoms with Crippen LogP contribution in [0.5, 0.6) is 11.6 Å². The van der Waals surface area contributed by atoms with E-state index in [1.165, 1.54) is 11.6 Å². The number of aromatic carboxylic acids is 1. The number of hydrogen-bond acceptors (Lipinski definition) is 3. The number of benzene rings is 1. The Labute approximate surface area is 129 Å². The summed E-state index contributed by atoms with van der Waals surface area (Å²) in [5, 5.41) is 9.02. The Hall–Kier alpha value is -1.63. The molecule has 0 saturated heterocycles. The van der Waals surface area contributed by atoms with E-state index in [1.807, 2.05) is 12.1 Å². The van der Waals surface area contributed by atoms with Gasteiger partial charge in [-0.25, -0.2) is 9.78 Å². The number of ether oxygens (including phenoxy) is 1. The molecule has 102 valence electrons. The molecule has 20 heavy (non-hydrogen) atoms. The van der Waals surface area contributed by atoms with Gasteiger partial charge in [0.25, 0.3) is 0 Å². The lowest BCUT2D eigenvalue weighted by Gasteiger charge is -2.09. The third-order valence-electron chi connectivity index (χ3n) is 3.30. The number of aromatic nitrogens is 1. The van der Waals surface area contributed by atoms with Gasteiger partial charge in [-0.05, 0) is 65.6 Å². The van der Waals surface area contributed by atoms with E-state index in [4.69, 9.17) is 9.84 Å². The summed E-state index contributed by atoms with van der Waals surface area (Å²) in [7, 11) is 0. The molecular weight excluding hydrogens is 369 g/mol. The molecule has 5 heteroatoms. The Bertz CT molecular complexity index is 685. The molecule has 0 radical (unpaired) electrons. The molecule has 0 fully saturated rings. The first-order chi connectivity index (χ1) is 9.63.